The van der Waals surface area contributed by atoms with Crippen molar-refractivity contribution in [3.05, 3.63) is 58.7 Å². The van der Waals surface area contributed by atoms with Crippen molar-refractivity contribution in [1.29, 1.82) is 0 Å². The molecule has 3 rings (SSSR count). The number of rotatable bonds is 8. The first-order chi connectivity index (χ1) is 16.6. The Kier molecular flexibility index (Phi) is 9.07. The van der Waals surface area contributed by atoms with Crippen LogP contribution in [0, 0.1) is 19.8 Å². The molecule has 1 fully saturated rings. The zero-order valence-electron chi connectivity index (χ0n) is 21.6. The summed E-state index contributed by atoms with van der Waals surface area (Å²) in [5, 5.41) is 0. The maximum absolute atomic E-state index is 12.7. The lowest BCUT2D eigenvalue weighted by Gasteiger charge is -2.40. The highest BCUT2D eigenvalue weighted by molar-refractivity contribution is 5.74. The molecule has 2 aromatic rings. The van der Waals surface area contributed by atoms with Gasteiger partial charge in [-0.3, -0.25) is 14.4 Å². The Hall–Kier alpha value is -3.15. The SMILES string of the molecule is CC(=O)Oc1ccc(CC[C@H]2CCCC[C@@H]2N(Cc2ccc(C)c(C)c2)C(C)=O)cc1OC(C)=O. The fraction of sp³-hybridized carbons (Fsp3) is 0.483. The van der Waals surface area contributed by atoms with Crippen LogP contribution in [0.3, 0.4) is 0 Å². The lowest BCUT2D eigenvalue weighted by molar-refractivity contribution is -0.134. The Bertz CT molecular complexity index is 1080. The fourth-order valence-electron chi connectivity index (χ4n) is 5.03. The van der Waals surface area contributed by atoms with E-state index in [1.54, 1.807) is 19.1 Å². The molecule has 0 saturated heterocycles. The number of hydrogen-bond donors (Lipinski definition) is 0. The Morgan fingerprint density at radius 2 is 1.49 bits per heavy atom. The Morgan fingerprint density at radius 3 is 2.14 bits per heavy atom. The van der Waals surface area contributed by atoms with E-state index in [1.807, 2.05) is 6.07 Å². The van der Waals surface area contributed by atoms with E-state index in [4.69, 9.17) is 9.47 Å². The lowest BCUT2D eigenvalue weighted by atomic mass is 9.80. The summed E-state index contributed by atoms with van der Waals surface area (Å²) in [5.41, 5.74) is 4.67. The number of carbonyl (C=O) groups is 3. The van der Waals surface area contributed by atoms with Gasteiger partial charge in [-0.15, -0.1) is 0 Å². The van der Waals surface area contributed by atoms with Gasteiger partial charge in [-0.1, -0.05) is 37.1 Å². The van der Waals surface area contributed by atoms with E-state index in [0.717, 1.165) is 37.7 Å². The molecule has 1 aliphatic rings. The van der Waals surface area contributed by atoms with E-state index >= 15 is 0 Å². The molecule has 6 heteroatoms. The molecule has 1 saturated carbocycles. The number of hydrogen-bond acceptors (Lipinski definition) is 5. The first-order valence-corrected chi connectivity index (χ1v) is 12.5. The number of esters is 2. The van der Waals surface area contributed by atoms with Crippen molar-refractivity contribution in [3.63, 3.8) is 0 Å². The van der Waals surface area contributed by atoms with E-state index in [9.17, 15) is 14.4 Å². The number of aryl methyl sites for hydroxylation is 3. The van der Waals surface area contributed by atoms with Crippen LogP contribution in [0.15, 0.2) is 36.4 Å². The molecule has 0 aromatic heterocycles. The molecule has 0 N–H and O–H groups in total. The first-order valence-electron chi connectivity index (χ1n) is 12.5. The second-order valence-corrected chi connectivity index (χ2v) is 9.68. The molecule has 0 heterocycles. The van der Waals surface area contributed by atoms with E-state index in [2.05, 4.69) is 36.9 Å². The number of benzene rings is 2. The molecule has 0 bridgehead atoms. The molecule has 0 unspecified atom stereocenters. The maximum Gasteiger partial charge on any atom is 0.308 e. The summed E-state index contributed by atoms with van der Waals surface area (Å²) in [6.45, 7) is 9.15. The fourth-order valence-corrected chi connectivity index (χ4v) is 5.03. The molecule has 2 aromatic carbocycles. The van der Waals surface area contributed by atoms with Crippen molar-refractivity contribution >= 4 is 17.8 Å². The van der Waals surface area contributed by atoms with Gasteiger partial charge in [-0.05, 0) is 79.8 Å². The minimum atomic E-state index is -0.468. The van der Waals surface area contributed by atoms with Gasteiger partial charge in [0.1, 0.15) is 0 Å². The Morgan fingerprint density at radius 1 is 0.829 bits per heavy atom. The topological polar surface area (TPSA) is 72.9 Å². The Balaban J connectivity index is 1.75. The van der Waals surface area contributed by atoms with Gasteiger partial charge in [0.25, 0.3) is 0 Å². The molecule has 0 aliphatic heterocycles. The predicted octanol–water partition coefficient (Wildman–Crippen LogP) is 5.69. The normalized spacial score (nSPS) is 17.5. The van der Waals surface area contributed by atoms with Gasteiger partial charge < -0.3 is 14.4 Å². The van der Waals surface area contributed by atoms with Gasteiger partial charge in [0, 0.05) is 33.4 Å². The van der Waals surface area contributed by atoms with Gasteiger partial charge in [0.2, 0.25) is 5.91 Å². The van der Waals surface area contributed by atoms with Gasteiger partial charge in [0.15, 0.2) is 11.5 Å². The molecule has 6 nitrogen and oxygen atoms in total. The van der Waals surface area contributed by atoms with Gasteiger partial charge in [-0.2, -0.15) is 0 Å². The van der Waals surface area contributed by atoms with Crippen molar-refractivity contribution in [2.75, 3.05) is 0 Å². The standard InChI is InChI=1S/C29H37NO5/c1-19-10-11-25(16-20(19)2)18-30(21(3)31)27-9-7-6-8-26(27)14-12-24-13-15-28(34-22(4)32)29(17-24)35-23(5)33/h10-11,13,15-17,26-27H,6-9,12,14,18H2,1-5H3/t26-,27+/m1/s1. The molecule has 188 valence electrons. The maximum atomic E-state index is 12.7. The molecule has 1 aliphatic carbocycles. The highest BCUT2D eigenvalue weighted by Crippen LogP contribution is 2.34. The van der Waals surface area contributed by atoms with Crippen molar-refractivity contribution < 1.29 is 23.9 Å². The van der Waals surface area contributed by atoms with Crippen LogP contribution in [0.1, 0.15) is 75.1 Å². The monoisotopic (exact) mass is 479 g/mol. The van der Waals surface area contributed by atoms with Crippen LogP contribution in [0.2, 0.25) is 0 Å². The first kappa shape index (κ1) is 26.5. The summed E-state index contributed by atoms with van der Waals surface area (Å²) in [4.78, 5) is 37.7. The molecule has 0 radical (unpaired) electrons. The average Bonchev–Trinajstić information content (AvgIpc) is 2.79. The third-order valence-corrected chi connectivity index (χ3v) is 6.92. The number of carbonyl (C=O) groups excluding carboxylic acids is 3. The number of nitrogens with zero attached hydrogens (tertiary/aromatic N) is 1. The third-order valence-electron chi connectivity index (χ3n) is 6.92. The number of ether oxygens (including phenoxy) is 2. The van der Waals surface area contributed by atoms with E-state index in [-0.39, 0.29) is 23.4 Å². The van der Waals surface area contributed by atoms with Gasteiger partial charge in [0.05, 0.1) is 0 Å². The zero-order chi connectivity index (χ0) is 25.5. The van der Waals surface area contributed by atoms with Crippen LogP contribution in [-0.4, -0.2) is 28.8 Å². The summed E-state index contributed by atoms with van der Waals surface area (Å²) in [6.07, 6.45) is 6.11. The zero-order valence-corrected chi connectivity index (χ0v) is 21.6. The van der Waals surface area contributed by atoms with Crippen molar-refractivity contribution in [1.82, 2.24) is 4.90 Å². The van der Waals surface area contributed by atoms with E-state index in [1.165, 1.54) is 37.0 Å². The minimum absolute atomic E-state index is 0.114. The molecule has 0 spiro atoms. The summed E-state index contributed by atoms with van der Waals surface area (Å²) in [7, 11) is 0. The van der Waals surface area contributed by atoms with Crippen LogP contribution in [0.4, 0.5) is 0 Å². The minimum Gasteiger partial charge on any atom is -0.423 e. The van der Waals surface area contributed by atoms with E-state index in [0.29, 0.717) is 12.5 Å². The van der Waals surface area contributed by atoms with Crippen molar-refractivity contribution in [2.45, 2.75) is 85.7 Å². The van der Waals surface area contributed by atoms with Gasteiger partial charge >= 0.3 is 11.9 Å². The summed E-state index contributed by atoms with van der Waals surface area (Å²) in [5.74, 6) is 0.0665. The van der Waals surface area contributed by atoms with Gasteiger partial charge in [-0.25, -0.2) is 0 Å². The Labute approximate surface area is 208 Å². The highest BCUT2D eigenvalue weighted by Gasteiger charge is 2.31. The molecule has 1 amide bonds. The lowest BCUT2D eigenvalue weighted by Crippen LogP contribution is -2.44. The smallest absolute Gasteiger partial charge is 0.308 e. The van der Waals surface area contributed by atoms with Crippen LogP contribution < -0.4 is 9.47 Å². The average molecular weight is 480 g/mol. The molecular formula is C29H37NO5. The summed E-state index contributed by atoms with van der Waals surface area (Å²) < 4.78 is 10.5. The largest absolute Gasteiger partial charge is 0.423 e. The third kappa shape index (κ3) is 7.41. The molecular weight excluding hydrogens is 442 g/mol. The van der Waals surface area contributed by atoms with Crippen molar-refractivity contribution in [3.8, 4) is 11.5 Å². The second kappa shape index (κ2) is 12.0. The van der Waals surface area contributed by atoms with Crippen LogP contribution in [-0.2, 0) is 27.3 Å². The molecule has 35 heavy (non-hydrogen) atoms. The quantitative estimate of drug-likeness (QED) is 0.359. The summed E-state index contributed by atoms with van der Waals surface area (Å²) in [6, 6.07) is 12.0. The second-order valence-electron chi connectivity index (χ2n) is 9.68. The number of amides is 1. The predicted molar refractivity (Wildman–Crippen MR) is 135 cm³/mol. The molecule has 2 atom stereocenters. The highest BCUT2D eigenvalue weighted by atomic mass is 16.6. The van der Waals surface area contributed by atoms with Crippen molar-refractivity contribution in [2.24, 2.45) is 5.92 Å². The van der Waals surface area contributed by atoms with Crippen LogP contribution in [0.25, 0.3) is 0 Å². The van der Waals surface area contributed by atoms with Crippen LogP contribution >= 0.6 is 0 Å². The summed E-state index contributed by atoms with van der Waals surface area (Å²) >= 11 is 0. The van der Waals surface area contributed by atoms with E-state index < -0.39 is 11.9 Å². The van der Waals surface area contributed by atoms with Crippen LogP contribution in [0.5, 0.6) is 11.5 Å².